The summed E-state index contributed by atoms with van der Waals surface area (Å²) in [6.07, 6.45) is 1.66. The largest absolute Gasteiger partial charge is 0.378 e. The van der Waals surface area contributed by atoms with E-state index in [1.165, 1.54) is 7.05 Å². The Bertz CT molecular complexity index is 836. The number of likely N-dealkylation sites (tertiary alicyclic amines) is 1. The average Bonchev–Trinajstić information content (AvgIpc) is 3.00. The molecule has 0 bridgehead atoms. The first kappa shape index (κ1) is 21.0. The molecule has 4 rings (SSSR count). The number of piperidine rings is 1. The summed E-state index contributed by atoms with van der Waals surface area (Å²) >= 11 is 0.945. The Kier molecular flexibility index (Phi) is 6.24. The molecule has 3 fully saturated rings. The molecule has 1 unspecified atom stereocenters. The molecule has 1 aromatic rings. The summed E-state index contributed by atoms with van der Waals surface area (Å²) in [5.41, 5.74) is 0.950. The second kappa shape index (κ2) is 8.89. The van der Waals surface area contributed by atoms with Gasteiger partial charge in [-0.3, -0.25) is 19.3 Å². The van der Waals surface area contributed by atoms with Crippen LogP contribution in [-0.4, -0.2) is 88.5 Å². The fourth-order valence-electron chi connectivity index (χ4n) is 4.07. The number of aromatic nitrogens is 2. The molecule has 10 heteroatoms. The van der Waals surface area contributed by atoms with E-state index < -0.39 is 5.25 Å². The van der Waals surface area contributed by atoms with Crippen LogP contribution in [0.5, 0.6) is 0 Å². The predicted octanol–water partition coefficient (Wildman–Crippen LogP) is 1.41. The first-order valence-electron chi connectivity index (χ1n) is 10.4. The van der Waals surface area contributed by atoms with Crippen LogP contribution >= 0.6 is 11.8 Å². The standard InChI is InChI=1S/C20H27N5O4S/c1-13-11-16(24-7-9-29-10-8-24)22-18(21-13)14-3-5-25(6-4-14)17(26)12-15-19(27)23(2)20(28)30-15/h11,14-15H,3-10,12H2,1-2H3. The van der Waals surface area contributed by atoms with Gasteiger partial charge in [-0.2, -0.15) is 0 Å². The maximum Gasteiger partial charge on any atom is 0.288 e. The molecular formula is C20H27N5O4S. The average molecular weight is 434 g/mol. The number of hydrogen-bond donors (Lipinski definition) is 0. The third-order valence-corrected chi connectivity index (χ3v) is 7.02. The van der Waals surface area contributed by atoms with Crippen molar-refractivity contribution in [2.24, 2.45) is 0 Å². The Hall–Kier alpha value is -2.20. The Morgan fingerprint density at radius 1 is 1.17 bits per heavy atom. The van der Waals surface area contributed by atoms with Crippen LogP contribution in [-0.2, 0) is 14.3 Å². The summed E-state index contributed by atoms with van der Waals surface area (Å²) in [4.78, 5) is 51.0. The number of amides is 3. The number of rotatable bonds is 4. The Morgan fingerprint density at radius 3 is 2.50 bits per heavy atom. The van der Waals surface area contributed by atoms with Gasteiger partial charge in [-0.1, -0.05) is 11.8 Å². The van der Waals surface area contributed by atoms with Gasteiger partial charge < -0.3 is 14.5 Å². The van der Waals surface area contributed by atoms with Gasteiger partial charge in [0.25, 0.3) is 5.24 Å². The fourth-order valence-corrected chi connectivity index (χ4v) is 5.05. The van der Waals surface area contributed by atoms with E-state index in [1.807, 2.05) is 13.0 Å². The van der Waals surface area contributed by atoms with E-state index in [4.69, 9.17) is 9.72 Å². The summed E-state index contributed by atoms with van der Waals surface area (Å²) in [5.74, 6) is 1.66. The van der Waals surface area contributed by atoms with Crippen molar-refractivity contribution >= 4 is 34.6 Å². The highest BCUT2D eigenvalue weighted by Gasteiger charge is 2.39. The van der Waals surface area contributed by atoms with Gasteiger partial charge in [-0.15, -0.1) is 0 Å². The first-order valence-corrected chi connectivity index (χ1v) is 11.2. The molecule has 3 saturated heterocycles. The smallest absolute Gasteiger partial charge is 0.288 e. The predicted molar refractivity (Wildman–Crippen MR) is 113 cm³/mol. The van der Waals surface area contributed by atoms with Crippen molar-refractivity contribution in [2.75, 3.05) is 51.3 Å². The molecule has 0 saturated carbocycles. The molecule has 1 atom stereocenters. The van der Waals surface area contributed by atoms with Crippen LogP contribution in [0.25, 0.3) is 0 Å². The molecule has 0 spiro atoms. The molecule has 3 amide bonds. The number of morpholine rings is 1. The third kappa shape index (κ3) is 4.44. The lowest BCUT2D eigenvalue weighted by molar-refractivity contribution is -0.135. The van der Waals surface area contributed by atoms with E-state index in [9.17, 15) is 14.4 Å². The van der Waals surface area contributed by atoms with Gasteiger partial charge in [0.15, 0.2) is 0 Å². The van der Waals surface area contributed by atoms with Crippen molar-refractivity contribution < 1.29 is 19.1 Å². The number of imide groups is 1. The lowest BCUT2D eigenvalue weighted by Crippen LogP contribution is -2.40. The van der Waals surface area contributed by atoms with Crippen molar-refractivity contribution in [2.45, 2.75) is 37.4 Å². The van der Waals surface area contributed by atoms with Crippen LogP contribution in [0.2, 0.25) is 0 Å². The molecule has 3 aliphatic heterocycles. The highest BCUT2D eigenvalue weighted by molar-refractivity contribution is 8.15. The number of thioether (sulfide) groups is 1. The van der Waals surface area contributed by atoms with Crippen molar-refractivity contribution in [3.05, 3.63) is 17.6 Å². The highest BCUT2D eigenvalue weighted by Crippen LogP contribution is 2.31. The molecule has 30 heavy (non-hydrogen) atoms. The quantitative estimate of drug-likeness (QED) is 0.703. The fraction of sp³-hybridized carbons (Fsp3) is 0.650. The minimum atomic E-state index is -0.594. The lowest BCUT2D eigenvalue weighted by atomic mass is 9.95. The molecule has 162 valence electrons. The topological polar surface area (TPSA) is 95.9 Å². The molecule has 0 radical (unpaired) electrons. The second-order valence-electron chi connectivity index (χ2n) is 7.95. The number of hydrogen-bond acceptors (Lipinski definition) is 8. The Labute approximate surface area is 180 Å². The van der Waals surface area contributed by atoms with Crippen LogP contribution in [0.4, 0.5) is 10.6 Å². The maximum absolute atomic E-state index is 12.7. The second-order valence-corrected chi connectivity index (χ2v) is 9.11. The van der Waals surface area contributed by atoms with Gasteiger partial charge in [-0.25, -0.2) is 9.97 Å². The van der Waals surface area contributed by atoms with E-state index >= 15 is 0 Å². The maximum atomic E-state index is 12.7. The summed E-state index contributed by atoms with van der Waals surface area (Å²) in [7, 11) is 1.46. The summed E-state index contributed by atoms with van der Waals surface area (Å²) < 4.78 is 5.43. The van der Waals surface area contributed by atoms with Gasteiger partial charge in [0.2, 0.25) is 11.8 Å². The van der Waals surface area contributed by atoms with E-state index in [1.54, 1.807) is 4.90 Å². The van der Waals surface area contributed by atoms with Crippen molar-refractivity contribution in [1.29, 1.82) is 0 Å². The minimum absolute atomic E-state index is 0.0680. The van der Waals surface area contributed by atoms with Crippen LogP contribution in [0, 0.1) is 6.92 Å². The van der Waals surface area contributed by atoms with Crippen molar-refractivity contribution in [1.82, 2.24) is 19.8 Å². The Balaban J connectivity index is 1.35. The highest BCUT2D eigenvalue weighted by atomic mass is 32.2. The number of nitrogens with zero attached hydrogens (tertiary/aromatic N) is 5. The number of anilines is 1. The lowest BCUT2D eigenvalue weighted by Gasteiger charge is -2.33. The van der Waals surface area contributed by atoms with Gasteiger partial charge >= 0.3 is 0 Å². The van der Waals surface area contributed by atoms with E-state index in [-0.39, 0.29) is 29.4 Å². The third-order valence-electron chi connectivity index (χ3n) is 5.89. The molecule has 1 aromatic heterocycles. The monoisotopic (exact) mass is 433 g/mol. The summed E-state index contributed by atoms with van der Waals surface area (Å²) in [5, 5.41) is -0.881. The number of ether oxygens (including phenoxy) is 1. The number of carbonyl (C=O) groups is 3. The zero-order valence-electron chi connectivity index (χ0n) is 17.4. The molecule has 9 nitrogen and oxygen atoms in total. The number of aryl methyl sites for hydroxylation is 1. The summed E-state index contributed by atoms with van der Waals surface area (Å²) in [6.45, 7) is 6.30. The first-order chi connectivity index (χ1) is 14.4. The zero-order chi connectivity index (χ0) is 21.3. The molecule has 0 aliphatic carbocycles. The van der Waals surface area contributed by atoms with E-state index in [2.05, 4.69) is 9.88 Å². The molecule has 0 N–H and O–H groups in total. The van der Waals surface area contributed by atoms with Gasteiger partial charge in [-0.05, 0) is 19.8 Å². The van der Waals surface area contributed by atoms with Crippen LogP contribution in [0.1, 0.15) is 36.7 Å². The normalized spacial score (nSPS) is 23.4. The molecule has 4 heterocycles. The van der Waals surface area contributed by atoms with Crippen molar-refractivity contribution in [3.63, 3.8) is 0 Å². The van der Waals surface area contributed by atoms with Crippen molar-refractivity contribution in [3.8, 4) is 0 Å². The van der Waals surface area contributed by atoms with E-state index in [0.717, 1.165) is 59.9 Å². The zero-order valence-corrected chi connectivity index (χ0v) is 18.2. The molecular weight excluding hydrogens is 406 g/mol. The van der Waals surface area contributed by atoms with Gasteiger partial charge in [0.05, 0.1) is 13.2 Å². The van der Waals surface area contributed by atoms with Gasteiger partial charge in [0, 0.05) is 57.3 Å². The molecule has 3 aliphatic rings. The SMILES string of the molecule is Cc1cc(N2CCOCC2)nc(C2CCN(C(=O)CC3SC(=O)N(C)C3=O)CC2)n1. The molecule has 0 aromatic carbocycles. The summed E-state index contributed by atoms with van der Waals surface area (Å²) in [6, 6.07) is 2.02. The van der Waals surface area contributed by atoms with Gasteiger partial charge in [0.1, 0.15) is 16.9 Å². The van der Waals surface area contributed by atoms with Crippen LogP contribution in [0.15, 0.2) is 6.07 Å². The number of carbonyl (C=O) groups excluding carboxylic acids is 3. The minimum Gasteiger partial charge on any atom is -0.378 e. The van der Waals surface area contributed by atoms with Crippen LogP contribution in [0.3, 0.4) is 0 Å². The Morgan fingerprint density at radius 2 is 1.87 bits per heavy atom. The van der Waals surface area contributed by atoms with Crippen LogP contribution < -0.4 is 4.90 Å². The van der Waals surface area contributed by atoms with E-state index in [0.29, 0.717) is 26.3 Å².